The van der Waals surface area contributed by atoms with Crippen molar-refractivity contribution in [3.05, 3.63) is 124 Å². The predicted molar refractivity (Wildman–Crippen MR) is 161 cm³/mol. The van der Waals surface area contributed by atoms with Crippen LogP contribution in [0.1, 0.15) is 55.7 Å². The summed E-state index contributed by atoms with van der Waals surface area (Å²) >= 11 is 3.22. The van der Waals surface area contributed by atoms with Crippen molar-refractivity contribution >= 4 is 27.9 Å². The quantitative estimate of drug-likeness (QED) is 0.0765. The van der Waals surface area contributed by atoms with Crippen molar-refractivity contribution < 1.29 is 58.9 Å². The SMILES string of the molecule is CCOC(=O)c1cn(Cc2ccc(F)nc2)nc1C(F)(F)F.Fc1ccc(CBr)cn1.O=C(O)c1cn(Cc2ccc(F)nc2)nc1C(F)(F)F. The summed E-state index contributed by atoms with van der Waals surface area (Å²) in [5, 5.41) is 16.0. The zero-order valence-electron chi connectivity index (χ0n) is 25.8. The summed E-state index contributed by atoms with van der Waals surface area (Å²) < 4.78 is 120. The van der Waals surface area contributed by atoms with Crippen molar-refractivity contribution in [1.29, 1.82) is 0 Å². The molecule has 0 amide bonds. The minimum Gasteiger partial charge on any atom is -0.478 e. The Bertz CT molecular complexity index is 1900. The van der Waals surface area contributed by atoms with Crippen molar-refractivity contribution in [3.8, 4) is 0 Å². The summed E-state index contributed by atoms with van der Waals surface area (Å²) in [4.78, 5) is 32.5. The van der Waals surface area contributed by atoms with E-state index >= 15 is 0 Å². The number of hydrogen-bond donors (Lipinski definition) is 1. The predicted octanol–water partition coefficient (Wildman–Crippen LogP) is 6.96. The molecule has 21 heteroatoms. The number of aromatic carboxylic acids is 1. The highest BCUT2D eigenvalue weighted by Crippen LogP contribution is 2.32. The van der Waals surface area contributed by atoms with Gasteiger partial charge in [-0.1, -0.05) is 34.1 Å². The molecule has 5 aromatic rings. The van der Waals surface area contributed by atoms with Crippen LogP contribution in [0, 0.1) is 17.8 Å². The Kier molecular flexibility index (Phi) is 13.8. The van der Waals surface area contributed by atoms with E-state index in [1.54, 1.807) is 6.07 Å². The molecule has 0 saturated carbocycles. The van der Waals surface area contributed by atoms with Crippen molar-refractivity contribution in [1.82, 2.24) is 34.5 Å². The summed E-state index contributed by atoms with van der Waals surface area (Å²) in [6.07, 6.45) is -4.11. The fourth-order valence-electron chi connectivity index (χ4n) is 3.80. The van der Waals surface area contributed by atoms with E-state index in [0.717, 1.165) is 51.0 Å². The fourth-order valence-corrected chi connectivity index (χ4v) is 4.13. The Morgan fingerprint density at radius 3 is 1.41 bits per heavy atom. The molecule has 11 nitrogen and oxygen atoms in total. The van der Waals surface area contributed by atoms with Crippen LogP contribution in [0.15, 0.2) is 67.4 Å². The maximum absolute atomic E-state index is 12.9. The van der Waals surface area contributed by atoms with Crippen LogP contribution >= 0.6 is 15.9 Å². The van der Waals surface area contributed by atoms with Gasteiger partial charge in [0.1, 0.15) is 11.1 Å². The molecule has 0 aliphatic carbocycles. The maximum atomic E-state index is 12.9. The van der Waals surface area contributed by atoms with Crippen molar-refractivity contribution in [3.63, 3.8) is 0 Å². The van der Waals surface area contributed by atoms with Gasteiger partial charge in [-0.25, -0.2) is 24.5 Å². The highest BCUT2D eigenvalue weighted by Gasteiger charge is 2.40. The summed E-state index contributed by atoms with van der Waals surface area (Å²) in [6.45, 7) is 1.20. The summed E-state index contributed by atoms with van der Waals surface area (Å²) in [5.41, 5.74) is -2.58. The van der Waals surface area contributed by atoms with E-state index in [9.17, 15) is 49.1 Å². The highest BCUT2D eigenvalue weighted by molar-refractivity contribution is 9.08. The van der Waals surface area contributed by atoms with Gasteiger partial charge in [-0.05, 0) is 41.8 Å². The molecule has 0 radical (unpaired) electrons. The average molecular weight is 796 g/mol. The van der Waals surface area contributed by atoms with E-state index < -0.39 is 64.6 Å². The molecule has 0 bridgehead atoms. The van der Waals surface area contributed by atoms with E-state index in [-0.39, 0.29) is 19.7 Å². The highest BCUT2D eigenvalue weighted by atomic mass is 79.9. The Hall–Kier alpha value is -5.34. The second-order valence-electron chi connectivity index (χ2n) is 9.80. The summed E-state index contributed by atoms with van der Waals surface area (Å²) in [6, 6.07) is 7.84. The van der Waals surface area contributed by atoms with Crippen LogP contribution in [0.4, 0.5) is 39.5 Å². The first-order valence-electron chi connectivity index (χ1n) is 14.0. The van der Waals surface area contributed by atoms with Gasteiger partial charge in [0.2, 0.25) is 17.8 Å². The lowest BCUT2D eigenvalue weighted by Gasteiger charge is -2.05. The zero-order valence-corrected chi connectivity index (χ0v) is 27.3. The van der Waals surface area contributed by atoms with Crippen LogP contribution in [0.3, 0.4) is 0 Å². The Labute approximate surface area is 289 Å². The van der Waals surface area contributed by atoms with Gasteiger partial charge < -0.3 is 9.84 Å². The number of carboxylic acids is 1. The van der Waals surface area contributed by atoms with Gasteiger partial charge in [-0.2, -0.15) is 49.7 Å². The van der Waals surface area contributed by atoms with E-state index in [4.69, 9.17) is 5.11 Å². The van der Waals surface area contributed by atoms with Crippen LogP contribution in [-0.4, -0.2) is 58.2 Å². The van der Waals surface area contributed by atoms with Gasteiger partial charge in [0.25, 0.3) is 0 Å². The molecule has 0 atom stereocenters. The lowest BCUT2D eigenvalue weighted by Crippen LogP contribution is -2.14. The maximum Gasteiger partial charge on any atom is 0.436 e. The largest absolute Gasteiger partial charge is 0.478 e. The van der Waals surface area contributed by atoms with Gasteiger partial charge in [-0.3, -0.25) is 9.36 Å². The number of rotatable bonds is 8. The molecule has 51 heavy (non-hydrogen) atoms. The molecular weight excluding hydrogens is 773 g/mol. The van der Waals surface area contributed by atoms with Gasteiger partial charge >= 0.3 is 24.3 Å². The van der Waals surface area contributed by atoms with Gasteiger partial charge in [0, 0.05) is 36.3 Å². The number of pyridine rings is 3. The third-order valence-corrected chi connectivity index (χ3v) is 6.64. The minimum atomic E-state index is -4.86. The second-order valence-corrected chi connectivity index (χ2v) is 10.4. The number of carbonyl (C=O) groups is 2. The van der Waals surface area contributed by atoms with Crippen LogP contribution in [0.2, 0.25) is 0 Å². The van der Waals surface area contributed by atoms with Gasteiger partial charge in [-0.15, -0.1) is 0 Å². The fraction of sp³-hybridized carbons (Fsp3) is 0.233. The first-order chi connectivity index (χ1) is 23.9. The standard InChI is InChI=1S/C13H11F4N3O2.C11H7F4N3O2.C6H5BrFN/c1-2-22-12(21)9-7-20(19-11(9)13(15,16)17)6-8-3-4-10(14)18-5-8;12-8-2-1-6(3-16-8)4-18-5-7(10(19)20)9(17-18)11(13,14)15;7-3-5-1-2-6(8)9-4-5/h3-5,7H,2,6H2,1H3;1-3,5H,4H2,(H,19,20);1-2,4H,3H2. The second kappa shape index (κ2) is 17.5. The lowest BCUT2D eigenvalue weighted by molar-refractivity contribution is -0.142. The molecule has 0 aromatic carbocycles. The molecular formula is C30H23BrF9N7O4. The van der Waals surface area contributed by atoms with E-state index in [2.05, 4.69) is 45.8 Å². The monoisotopic (exact) mass is 795 g/mol. The third-order valence-electron chi connectivity index (χ3n) is 6.00. The molecule has 0 aliphatic heterocycles. The summed E-state index contributed by atoms with van der Waals surface area (Å²) in [5.74, 6) is -4.68. The molecule has 0 aliphatic rings. The van der Waals surface area contributed by atoms with Crippen molar-refractivity contribution in [2.24, 2.45) is 0 Å². The molecule has 0 saturated heterocycles. The zero-order chi connectivity index (χ0) is 37.9. The Morgan fingerprint density at radius 2 is 1.10 bits per heavy atom. The first-order valence-corrected chi connectivity index (χ1v) is 15.1. The molecule has 0 unspecified atom stereocenters. The van der Waals surface area contributed by atoms with Gasteiger partial charge in [0.15, 0.2) is 11.4 Å². The number of ether oxygens (including phenoxy) is 1. The molecule has 272 valence electrons. The number of carboxylic acid groups (broad SMARTS) is 1. The van der Waals surface area contributed by atoms with Crippen LogP contribution in [-0.2, 0) is 35.5 Å². The number of alkyl halides is 7. The molecule has 1 N–H and O–H groups in total. The smallest absolute Gasteiger partial charge is 0.436 e. The number of nitrogens with zero attached hydrogens (tertiary/aromatic N) is 7. The molecule has 5 aromatic heterocycles. The van der Waals surface area contributed by atoms with Gasteiger partial charge in [0.05, 0.1) is 19.7 Å². The van der Waals surface area contributed by atoms with E-state index in [0.29, 0.717) is 11.1 Å². The van der Waals surface area contributed by atoms with E-state index in [1.807, 2.05) is 0 Å². The van der Waals surface area contributed by atoms with Crippen LogP contribution < -0.4 is 0 Å². The normalized spacial score (nSPS) is 11.2. The third kappa shape index (κ3) is 12.2. The number of carbonyl (C=O) groups excluding carboxylic acids is 1. The summed E-state index contributed by atoms with van der Waals surface area (Å²) in [7, 11) is 0. The van der Waals surface area contributed by atoms with Crippen LogP contribution in [0.5, 0.6) is 0 Å². The molecule has 0 fully saturated rings. The molecule has 5 rings (SSSR count). The topological polar surface area (TPSA) is 138 Å². The molecule has 5 heterocycles. The minimum absolute atomic E-state index is 0.0524. The van der Waals surface area contributed by atoms with E-state index in [1.165, 1.54) is 37.5 Å². The molecule has 0 spiro atoms. The van der Waals surface area contributed by atoms with Crippen molar-refractivity contribution in [2.75, 3.05) is 6.61 Å². The Balaban J connectivity index is 0.000000223. The number of hydrogen-bond acceptors (Lipinski definition) is 8. The number of halogens is 10. The number of esters is 1. The van der Waals surface area contributed by atoms with Crippen molar-refractivity contribution in [2.45, 2.75) is 37.7 Å². The van der Waals surface area contributed by atoms with Crippen LogP contribution in [0.25, 0.3) is 0 Å². The first kappa shape index (κ1) is 40.1. The lowest BCUT2D eigenvalue weighted by atomic mass is 10.2. The average Bonchev–Trinajstić information content (AvgIpc) is 3.70. The number of aromatic nitrogens is 7. The Morgan fingerprint density at radius 1 is 0.706 bits per heavy atom.